The SMILES string of the molecule is Cc1cc2ncnn2cc1C1=CCN(C(=O)O)C1C(C)(C)C. The van der Waals surface area contributed by atoms with Crippen molar-refractivity contribution in [1.82, 2.24) is 19.5 Å². The molecule has 2 aromatic rings. The highest BCUT2D eigenvalue weighted by molar-refractivity contribution is 5.80. The molecule has 3 heterocycles. The minimum Gasteiger partial charge on any atom is -0.465 e. The Labute approximate surface area is 129 Å². The van der Waals surface area contributed by atoms with E-state index in [1.165, 1.54) is 11.2 Å². The third kappa shape index (κ3) is 2.24. The fraction of sp³-hybridized carbons (Fsp3) is 0.438. The van der Waals surface area contributed by atoms with Crippen LogP contribution in [0.15, 0.2) is 24.7 Å². The van der Waals surface area contributed by atoms with Crippen molar-refractivity contribution in [2.45, 2.75) is 33.7 Å². The van der Waals surface area contributed by atoms with Crippen LogP contribution in [0.1, 0.15) is 31.9 Å². The number of nitrogens with zero attached hydrogens (tertiary/aromatic N) is 4. The molecule has 1 N–H and O–H groups in total. The molecule has 6 nitrogen and oxygen atoms in total. The van der Waals surface area contributed by atoms with Crippen LogP contribution in [-0.2, 0) is 0 Å². The summed E-state index contributed by atoms with van der Waals surface area (Å²) in [7, 11) is 0. The van der Waals surface area contributed by atoms with Gasteiger partial charge in [0.25, 0.3) is 0 Å². The molecule has 0 saturated heterocycles. The van der Waals surface area contributed by atoms with Crippen LogP contribution in [0.25, 0.3) is 11.2 Å². The van der Waals surface area contributed by atoms with E-state index < -0.39 is 6.09 Å². The number of aromatic nitrogens is 3. The summed E-state index contributed by atoms with van der Waals surface area (Å²) in [5, 5.41) is 13.7. The third-order valence-electron chi connectivity index (χ3n) is 4.11. The van der Waals surface area contributed by atoms with Gasteiger partial charge in [-0.3, -0.25) is 4.90 Å². The smallest absolute Gasteiger partial charge is 0.408 e. The predicted molar refractivity (Wildman–Crippen MR) is 83.7 cm³/mol. The first-order valence-electron chi connectivity index (χ1n) is 7.29. The van der Waals surface area contributed by atoms with Gasteiger partial charge in [0, 0.05) is 18.3 Å². The van der Waals surface area contributed by atoms with Gasteiger partial charge >= 0.3 is 6.09 Å². The van der Waals surface area contributed by atoms with E-state index in [-0.39, 0.29) is 11.5 Å². The van der Waals surface area contributed by atoms with Gasteiger partial charge in [0.2, 0.25) is 0 Å². The Morgan fingerprint density at radius 2 is 2.14 bits per heavy atom. The molecule has 0 fully saturated rings. The number of rotatable bonds is 1. The Morgan fingerprint density at radius 3 is 2.77 bits per heavy atom. The highest BCUT2D eigenvalue weighted by Crippen LogP contribution is 2.39. The Balaban J connectivity index is 2.12. The highest BCUT2D eigenvalue weighted by Gasteiger charge is 2.40. The largest absolute Gasteiger partial charge is 0.465 e. The van der Waals surface area contributed by atoms with Crippen molar-refractivity contribution >= 4 is 17.3 Å². The number of carbonyl (C=O) groups is 1. The Kier molecular flexibility index (Phi) is 3.20. The van der Waals surface area contributed by atoms with Gasteiger partial charge in [0.15, 0.2) is 5.65 Å². The van der Waals surface area contributed by atoms with E-state index in [0.717, 1.165) is 22.3 Å². The summed E-state index contributed by atoms with van der Waals surface area (Å²) in [6.45, 7) is 8.64. The topological polar surface area (TPSA) is 70.7 Å². The lowest BCUT2D eigenvalue weighted by Crippen LogP contribution is -2.44. The molecule has 1 atom stereocenters. The van der Waals surface area contributed by atoms with Crippen molar-refractivity contribution in [3.63, 3.8) is 0 Å². The number of amides is 1. The van der Waals surface area contributed by atoms with E-state index in [4.69, 9.17) is 0 Å². The minimum absolute atomic E-state index is 0.176. The Hall–Kier alpha value is -2.37. The zero-order chi connectivity index (χ0) is 16.1. The molecule has 116 valence electrons. The average molecular weight is 300 g/mol. The van der Waals surface area contributed by atoms with Crippen molar-refractivity contribution < 1.29 is 9.90 Å². The van der Waals surface area contributed by atoms with E-state index in [1.807, 2.05) is 25.3 Å². The maximum atomic E-state index is 11.6. The normalized spacial score (nSPS) is 18.8. The standard InChI is InChI=1S/C16H20N4O2/c1-10-7-13-17-9-18-20(13)8-12(10)11-5-6-19(15(21)22)14(11)16(2,3)4/h5,7-9,14H,6H2,1-4H3,(H,21,22). The number of aryl methyl sites for hydroxylation is 1. The molecule has 6 heteroatoms. The molecule has 1 aliphatic rings. The Morgan fingerprint density at radius 1 is 1.41 bits per heavy atom. The van der Waals surface area contributed by atoms with Gasteiger partial charge < -0.3 is 5.11 Å². The van der Waals surface area contributed by atoms with Crippen LogP contribution in [0.2, 0.25) is 0 Å². The third-order valence-corrected chi connectivity index (χ3v) is 4.11. The van der Waals surface area contributed by atoms with Gasteiger partial charge in [-0.05, 0) is 29.5 Å². The molecule has 0 spiro atoms. The molecular formula is C16H20N4O2. The lowest BCUT2D eigenvalue weighted by molar-refractivity contribution is 0.118. The lowest BCUT2D eigenvalue weighted by Gasteiger charge is -2.36. The summed E-state index contributed by atoms with van der Waals surface area (Å²) in [5.41, 5.74) is 3.76. The summed E-state index contributed by atoms with van der Waals surface area (Å²) < 4.78 is 1.73. The van der Waals surface area contributed by atoms with Crippen LogP contribution in [0.3, 0.4) is 0 Å². The summed E-state index contributed by atoms with van der Waals surface area (Å²) in [6.07, 6.45) is 4.58. The van der Waals surface area contributed by atoms with E-state index in [9.17, 15) is 9.90 Å². The van der Waals surface area contributed by atoms with Crippen molar-refractivity contribution in [3.05, 3.63) is 35.8 Å². The average Bonchev–Trinajstić information content (AvgIpc) is 3.01. The summed E-state index contributed by atoms with van der Waals surface area (Å²) in [4.78, 5) is 17.2. The minimum atomic E-state index is -0.884. The first kappa shape index (κ1) is 14.6. The predicted octanol–water partition coefficient (Wildman–Crippen LogP) is 2.83. The number of carboxylic acid groups (broad SMARTS) is 1. The zero-order valence-electron chi connectivity index (χ0n) is 13.2. The summed E-state index contributed by atoms with van der Waals surface area (Å²) in [5.74, 6) is 0. The maximum Gasteiger partial charge on any atom is 0.408 e. The van der Waals surface area contributed by atoms with Gasteiger partial charge in [-0.25, -0.2) is 14.3 Å². The van der Waals surface area contributed by atoms with Crippen molar-refractivity contribution in [2.75, 3.05) is 6.54 Å². The van der Waals surface area contributed by atoms with Gasteiger partial charge in [-0.15, -0.1) is 0 Å². The second-order valence-electron chi connectivity index (χ2n) is 6.80. The van der Waals surface area contributed by atoms with Crippen LogP contribution in [0, 0.1) is 12.3 Å². The second kappa shape index (κ2) is 4.83. The van der Waals surface area contributed by atoms with E-state index >= 15 is 0 Å². The van der Waals surface area contributed by atoms with Crippen LogP contribution in [-0.4, -0.2) is 43.3 Å². The second-order valence-corrected chi connectivity index (χ2v) is 6.80. The van der Waals surface area contributed by atoms with Crippen LogP contribution in [0.4, 0.5) is 4.79 Å². The number of hydrogen-bond acceptors (Lipinski definition) is 3. The quantitative estimate of drug-likeness (QED) is 0.879. The summed E-state index contributed by atoms with van der Waals surface area (Å²) >= 11 is 0. The number of pyridine rings is 1. The first-order valence-corrected chi connectivity index (χ1v) is 7.29. The van der Waals surface area contributed by atoms with Gasteiger partial charge in [0.05, 0.1) is 6.04 Å². The molecule has 3 rings (SSSR count). The monoisotopic (exact) mass is 300 g/mol. The molecule has 2 aromatic heterocycles. The van der Waals surface area contributed by atoms with Crippen molar-refractivity contribution in [3.8, 4) is 0 Å². The molecule has 22 heavy (non-hydrogen) atoms. The fourth-order valence-corrected chi connectivity index (χ4v) is 3.22. The molecular weight excluding hydrogens is 280 g/mol. The van der Waals surface area contributed by atoms with Crippen LogP contribution in [0.5, 0.6) is 0 Å². The summed E-state index contributed by atoms with van der Waals surface area (Å²) in [6, 6.07) is 1.80. The Bertz CT molecular complexity index is 770. The van der Waals surface area contributed by atoms with Crippen LogP contribution < -0.4 is 0 Å². The van der Waals surface area contributed by atoms with Crippen LogP contribution >= 0.6 is 0 Å². The van der Waals surface area contributed by atoms with Crippen molar-refractivity contribution in [1.29, 1.82) is 0 Å². The lowest BCUT2D eigenvalue weighted by atomic mass is 9.80. The first-order chi connectivity index (χ1) is 10.3. The number of fused-ring (bicyclic) bond motifs is 1. The van der Waals surface area contributed by atoms with Gasteiger partial charge in [0.1, 0.15) is 6.33 Å². The molecule has 1 aliphatic heterocycles. The van der Waals surface area contributed by atoms with Gasteiger partial charge in [-0.1, -0.05) is 26.8 Å². The van der Waals surface area contributed by atoms with E-state index in [2.05, 4.69) is 30.9 Å². The van der Waals surface area contributed by atoms with Crippen molar-refractivity contribution in [2.24, 2.45) is 5.41 Å². The maximum absolute atomic E-state index is 11.6. The molecule has 1 unspecified atom stereocenters. The molecule has 1 amide bonds. The number of hydrogen-bond donors (Lipinski definition) is 1. The zero-order valence-corrected chi connectivity index (χ0v) is 13.2. The van der Waals surface area contributed by atoms with Gasteiger partial charge in [-0.2, -0.15) is 5.10 Å². The molecule has 0 aromatic carbocycles. The molecule has 0 bridgehead atoms. The van der Waals surface area contributed by atoms with E-state index in [1.54, 1.807) is 4.52 Å². The van der Waals surface area contributed by atoms with E-state index in [0.29, 0.717) is 6.54 Å². The highest BCUT2D eigenvalue weighted by atomic mass is 16.4. The fourth-order valence-electron chi connectivity index (χ4n) is 3.22. The molecule has 0 radical (unpaired) electrons. The molecule has 0 saturated carbocycles. The molecule has 0 aliphatic carbocycles.